The van der Waals surface area contributed by atoms with Crippen molar-refractivity contribution in [2.24, 2.45) is 5.92 Å². The molecule has 0 spiro atoms. The zero-order valence-electron chi connectivity index (χ0n) is 12.8. The summed E-state index contributed by atoms with van der Waals surface area (Å²) in [4.78, 5) is 0. The van der Waals surface area contributed by atoms with Gasteiger partial charge in [-0.1, -0.05) is 18.2 Å². The van der Waals surface area contributed by atoms with E-state index in [1.54, 1.807) is 19.2 Å². The highest BCUT2D eigenvalue weighted by Gasteiger charge is 2.34. The van der Waals surface area contributed by atoms with E-state index in [0.717, 1.165) is 25.0 Å². The van der Waals surface area contributed by atoms with Gasteiger partial charge in [0.2, 0.25) is 0 Å². The van der Waals surface area contributed by atoms with Crippen LogP contribution in [0.5, 0.6) is 0 Å². The van der Waals surface area contributed by atoms with Crippen LogP contribution in [0, 0.1) is 5.92 Å². The molecule has 7 heteroatoms. The topological polar surface area (TPSA) is 41.9 Å². The molecule has 124 valence electrons. The molecule has 1 aromatic heterocycles. The van der Waals surface area contributed by atoms with E-state index in [4.69, 9.17) is 0 Å². The molecule has 0 aliphatic carbocycles. The average molecular weight is 324 g/mol. The number of hydrogen-bond donors (Lipinski definition) is 2. The van der Waals surface area contributed by atoms with Gasteiger partial charge in [0, 0.05) is 37.7 Å². The Morgan fingerprint density at radius 2 is 2.13 bits per heavy atom. The number of halogens is 3. The van der Waals surface area contributed by atoms with Crippen LogP contribution in [0.4, 0.5) is 19.0 Å². The minimum Gasteiger partial charge on any atom is -0.370 e. The first-order chi connectivity index (χ1) is 10.9. The van der Waals surface area contributed by atoms with E-state index in [1.165, 1.54) is 12.1 Å². The molecule has 23 heavy (non-hydrogen) atoms. The lowest BCUT2D eigenvalue weighted by molar-refractivity contribution is -0.138. The van der Waals surface area contributed by atoms with Crippen LogP contribution in [0.1, 0.15) is 24.1 Å². The molecule has 2 aromatic rings. The molecule has 0 saturated carbocycles. The first-order valence-electron chi connectivity index (χ1n) is 7.60. The predicted octanol–water partition coefficient (Wildman–Crippen LogP) is 3.29. The summed E-state index contributed by atoms with van der Waals surface area (Å²) in [6, 6.07) is 7.26. The van der Waals surface area contributed by atoms with Gasteiger partial charge in [-0.05, 0) is 18.6 Å². The number of nitrogens with zero attached hydrogens (tertiary/aromatic N) is 2. The van der Waals surface area contributed by atoms with Gasteiger partial charge in [0.1, 0.15) is 5.82 Å². The number of rotatable bonds is 4. The molecule has 2 heterocycles. The number of anilines is 1. The molecule has 2 N–H and O–H groups in total. The first kappa shape index (κ1) is 15.9. The maximum atomic E-state index is 13.1. The second-order valence-electron chi connectivity index (χ2n) is 5.86. The van der Waals surface area contributed by atoms with Gasteiger partial charge in [-0.3, -0.25) is 0 Å². The number of benzene rings is 1. The molecule has 0 unspecified atom stereocenters. The Balaban J connectivity index is 1.64. The quantitative estimate of drug-likeness (QED) is 0.907. The highest BCUT2D eigenvalue weighted by atomic mass is 19.4. The van der Waals surface area contributed by atoms with Crippen molar-refractivity contribution in [1.82, 2.24) is 15.1 Å². The molecule has 2 atom stereocenters. The zero-order chi connectivity index (χ0) is 16.4. The summed E-state index contributed by atoms with van der Waals surface area (Å²) in [6.07, 6.45) is -2.59. The fourth-order valence-electron chi connectivity index (χ4n) is 2.91. The van der Waals surface area contributed by atoms with Crippen LogP contribution in [-0.4, -0.2) is 22.9 Å². The largest absolute Gasteiger partial charge is 0.416 e. The van der Waals surface area contributed by atoms with E-state index in [0.29, 0.717) is 6.54 Å². The third-order valence-electron chi connectivity index (χ3n) is 4.16. The Bertz CT molecular complexity index is 665. The Morgan fingerprint density at radius 1 is 1.35 bits per heavy atom. The number of hydrogen-bond acceptors (Lipinski definition) is 3. The number of aromatic nitrogens is 2. The minimum absolute atomic E-state index is 0.280. The van der Waals surface area contributed by atoms with Crippen LogP contribution in [-0.2, 0) is 12.7 Å². The van der Waals surface area contributed by atoms with Crippen molar-refractivity contribution in [2.75, 3.05) is 18.4 Å². The lowest BCUT2D eigenvalue weighted by atomic mass is 10.00. The summed E-state index contributed by atoms with van der Waals surface area (Å²) in [5.41, 5.74) is -0.292. The minimum atomic E-state index is -4.33. The van der Waals surface area contributed by atoms with Gasteiger partial charge in [-0.15, -0.1) is 0 Å². The van der Waals surface area contributed by atoms with Crippen LogP contribution in [0.15, 0.2) is 36.5 Å². The van der Waals surface area contributed by atoms with Crippen molar-refractivity contribution in [1.29, 1.82) is 0 Å². The van der Waals surface area contributed by atoms with Gasteiger partial charge in [0.25, 0.3) is 0 Å². The van der Waals surface area contributed by atoms with Crippen molar-refractivity contribution in [2.45, 2.75) is 25.7 Å². The van der Waals surface area contributed by atoms with E-state index in [9.17, 15) is 13.2 Å². The molecule has 1 aliphatic heterocycles. The van der Waals surface area contributed by atoms with Crippen molar-refractivity contribution < 1.29 is 13.2 Å². The molecule has 4 nitrogen and oxygen atoms in total. The Labute approximate surface area is 132 Å². The standard InChI is InChI=1S/C16H19F3N4/c1-11(13-4-2-3-5-14(13)16(17,18)19)20-8-12-9-21-15-6-7-22-23(15)10-12/h2-7,11-12,20-21H,8-10H2,1H3/t11-,12+/m1/s1. The summed E-state index contributed by atoms with van der Waals surface area (Å²) in [6.45, 7) is 3.93. The fraction of sp³-hybridized carbons (Fsp3) is 0.438. The van der Waals surface area contributed by atoms with Crippen molar-refractivity contribution in [3.05, 3.63) is 47.7 Å². The molecule has 1 aliphatic rings. The van der Waals surface area contributed by atoms with Gasteiger partial charge in [-0.25, -0.2) is 4.68 Å². The van der Waals surface area contributed by atoms with Gasteiger partial charge in [-0.2, -0.15) is 18.3 Å². The molecule has 0 radical (unpaired) electrons. The summed E-state index contributed by atoms with van der Waals surface area (Å²) in [5.74, 6) is 1.26. The zero-order valence-corrected chi connectivity index (χ0v) is 12.8. The van der Waals surface area contributed by atoms with Gasteiger partial charge in [0.15, 0.2) is 0 Å². The summed E-state index contributed by atoms with van der Waals surface area (Å²) in [5, 5.41) is 10.7. The Hall–Kier alpha value is -2.02. The summed E-state index contributed by atoms with van der Waals surface area (Å²) in [7, 11) is 0. The smallest absolute Gasteiger partial charge is 0.370 e. The van der Waals surface area contributed by atoms with E-state index in [2.05, 4.69) is 15.7 Å². The van der Waals surface area contributed by atoms with Crippen LogP contribution < -0.4 is 10.6 Å². The van der Waals surface area contributed by atoms with Gasteiger partial charge in [0.05, 0.1) is 11.8 Å². The van der Waals surface area contributed by atoms with Crippen LogP contribution in [0.2, 0.25) is 0 Å². The summed E-state index contributed by atoms with van der Waals surface area (Å²) < 4.78 is 41.1. The van der Waals surface area contributed by atoms with E-state index < -0.39 is 11.7 Å². The van der Waals surface area contributed by atoms with E-state index in [1.807, 2.05) is 10.7 Å². The number of fused-ring (bicyclic) bond motifs is 1. The molecule has 1 aromatic carbocycles. The number of alkyl halides is 3. The van der Waals surface area contributed by atoms with Crippen LogP contribution >= 0.6 is 0 Å². The first-order valence-corrected chi connectivity index (χ1v) is 7.60. The SMILES string of the molecule is C[C@@H](NC[C@H]1CNc2ccnn2C1)c1ccccc1C(F)(F)F. The van der Waals surface area contributed by atoms with Crippen LogP contribution in [0.25, 0.3) is 0 Å². The fourth-order valence-corrected chi connectivity index (χ4v) is 2.91. The lowest BCUT2D eigenvalue weighted by Crippen LogP contribution is -2.36. The van der Waals surface area contributed by atoms with Crippen molar-refractivity contribution in [3.63, 3.8) is 0 Å². The van der Waals surface area contributed by atoms with Crippen molar-refractivity contribution >= 4 is 5.82 Å². The maximum absolute atomic E-state index is 13.1. The highest BCUT2D eigenvalue weighted by molar-refractivity contribution is 5.35. The maximum Gasteiger partial charge on any atom is 0.416 e. The second-order valence-corrected chi connectivity index (χ2v) is 5.86. The molecule has 0 fully saturated rings. The number of nitrogens with one attached hydrogen (secondary N) is 2. The average Bonchev–Trinajstić information content (AvgIpc) is 2.99. The van der Waals surface area contributed by atoms with E-state index in [-0.39, 0.29) is 17.5 Å². The molecule has 0 saturated heterocycles. The highest BCUT2D eigenvalue weighted by Crippen LogP contribution is 2.34. The summed E-state index contributed by atoms with van der Waals surface area (Å²) >= 11 is 0. The Kier molecular flexibility index (Phi) is 4.30. The normalized spacial score (nSPS) is 19.0. The monoisotopic (exact) mass is 324 g/mol. The molecule has 0 amide bonds. The Morgan fingerprint density at radius 3 is 2.91 bits per heavy atom. The van der Waals surface area contributed by atoms with E-state index >= 15 is 0 Å². The van der Waals surface area contributed by atoms with Gasteiger partial charge >= 0.3 is 6.18 Å². The molecule has 3 rings (SSSR count). The second kappa shape index (κ2) is 6.23. The predicted molar refractivity (Wildman–Crippen MR) is 82.1 cm³/mol. The third kappa shape index (κ3) is 3.50. The van der Waals surface area contributed by atoms with Gasteiger partial charge < -0.3 is 10.6 Å². The van der Waals surface area contributed by atoms with Crippen molar-refractivity contribution in [3.8, 4) is 0 Å². The third-order valence-corrected chi connectivity index (χ3v) is 4.16. The molecular formula is C16H19F3N4. The molecule has 0 bridgehead atoms. The van der Waals surface area contributed by atoms with Crippen LogP contribution in [0.3, 0.4) is 0 Å². The lowest BCUT2D eigenvalue weighted by Gasteiger charge is -2.27. The molecular weight excluding hydrogens is 305 g/mol.